The number of nitrogens with zero attached hydrogens (tertiary/aromatic N) is 6. The van der Waals surface area contributed by atoms with Gasteiger partial charge >= 0.3 is 11.7 Å². The molecule has 1 amide bonds. The molecule has 0 aliphatic carbocycles. The highest BCUT2D eigenvalue weighted by atomic mass is 19.1. The monoisotopic (exact) mass is 342 g/mol. The van der Waals surface area contributed by atoms with Crippen LogP contribution in [0.2, 0.25) is 0 Å². The number of hydrogen-bond acceptors (Lipinski definition) is 5. The third kappa shape index (κ3) is 2.48. The standard InChI is InChI=1S/C16H15FN6O2/c1-21-14-11(23(15(21)24)16(25)22-6-2-3-7-22)9-19-13(20-14)10-4-5-18-12(17)8-10/h4-5,8-9H,2-3,6-7H2,1H3. The molecule has 8 nitrogen and oxygen atoms in total. The summed E-state index contributed by atoms with van der Waals surface area (Å²) in [5.74, 6) is -0.382. The number of imidazole rings is 1. The third-order valence-electron chi connectivity index (χ3n) is 4.34. The summed E-state index contributed by atoms with van der Waals surface area (Å²) in [5.41, 5.74) is 0.627. The largest absolute Gasteiger partial charge is 0.338 e. The molecule has 4 heterocycles. The lowest BCUT2D eigenvalue weighted by atomic mass is 10.2. The zero-order valence-corrected chi connectivity index (χ0v) is 13.5. The molecule has 3 aromatic heterocycles. The van der Waals surface area contributed by atoms with Crippen LogP contribution in [0.1, 0.15) is 12.8 Å². The first kappa shape index (κ1) is 15.4. The van der Waals surface area contributed by atoms with Gasteiger partial charge in [0.05, 0.1) is 6.20 Å². The van der Waals surface area contributed by atoms with Gasteiger partial charge < -0.3 is 4.90 Å². The lowest BCUT2D eigenvalue weighted by Crippen LogP contribution is -2.38. The van der Waals surface area contributed by atoms with Gasteiger partial charge in [0, 0.05) is 38.0 Å². The van der Waals surface area contributed by atoms with Gasteiger partial charge in [-0.25, -0.2) is 29.1 Å². The van der Waals surface area contributed by atoms with Crippen molar-refractivity contribution in [1.82, 2.24) is 29.0 Å². The second kappa shape index (κ2) is 5.76. The van der Waals surface area contributed by atoms with Gasteiger partial charge in [-0.15, -0.1) is 0 Å². The van der Waals surface area contributed by atoms with E-state index in [-0.39, 0.29) is 11.9 Å². The first-order chi connectivity index (χ1) is 12.1. The zero-order valence-electron chi connectivity index (χ0n) is 13.5. The van der Waals surface area contributed by atoms with Crippen molar-refractivity contribution in [3.8, 4) is 11.4 Å². The summed E-state index contributed by atoms with van der Waals surface area (Å²) in [7, 11) is 1.54. The summed E-state index contributed by atoms with van der Waals surface area (Å²) in [6.45, 7) is 1.27. The maximum Gasteiger partial charge on any atom is 0.338 e. The molecule has 9 heteroatoms. The normalized spacial score (nSPS) is 14.4. The van der Waals surface area contributed by atoms with Gasteiger partial charge in [-0.1, -0.05) is 0 Å². The molecule has 0 N–H and O–H groups in total. The molecule has 4 rings (SSSR count). The van der Waals surface area contributed by atoms with Gasteiger partial charge in [0.1, 0.15) is 5.52 Å². The molecule has 0 aromatic carbocycles. The topological polar surface area (TPSA) is 85.9 Å². The van der Waals surface area contributed by atoms with Crippen molar-refractivity contribution in [2.24, 2.45) is 7.05 Å². The van der Waals surface area contributed by atoms with E-state index in [0.29, 0.717) is 29.8 Å². The predicted octanol–water partition coefficient (Wildman–Crippen LogP) is 1.39. The molecule has 0 saturated carbocycles. The van der Waals surface area contributed by atoms with Gasteiger partial charge in [-0.3, -0.25) is 4.57 Å². The van der Waals surface area contributed by atoms with Crippen LogP contribution in [-0.2, 0) is 7.05 Å². The maximum atomic E-state index is 13.3. The van der Waals surface area contributed by atoms with Crippen LogP contribution in [0, 0.1) is 5.95 Å². The average molecular weight is 342 g/mol. The quantitative estimate of drug-likeness (QED) is 0.624. The molecule has 25 heavy (non-hydrogen) atoms. The number of rotatable bonds is 1. The van der Waals surface area contributed by atoms with Crippen molar-refractivity contribution < 1.29 is 9.18 Å². The summed E-state index contributed by atoms with van der Waals surface area (Å²) in [6, 6.07) is 2.43. The van der Waals surface area contributed by atoms with E-state index < -0.39 is 11.6 Å². The Balaban J connectivity index is 1.86. The summed E-state index contributed by atoms with van der Waals surface area (Å²) >= 11 is 0. The number of amides is 1. The minimum absolute atomic E-state index is 0.259. The molecule has 1 fully saturated rings. The van der Waals surface area contributed by atoms with E-state index in [1.54, 1.807) is 18.0 Å². The molecule has 0 radical (unpaired) electrons. The van der Waals surface area contributed by atoms with E-state index in [2.05, 4.69) is 15.0 Å². The summed E-state index contributed by atoms with van der Waals surface area (Å²) in [5, 5.41) is 0. The zero-order chi connectivity index (χ0) is 17.6. The van der Waals surface area contributed by atoms with E-state index in [1.165, 1.54) is 23.0 Å². The minimum atomic E-state index is -0.642. The molecule has 0 atom stereocenters. The fraction of sp³-hybridized carbons (Fsp3) is 0.312. The molecule has 3 aromatic rings. The fourth-order valence-corrected chi connectivity index (χ4v) is 3.03. The number of hydrogen-bond donors (Lipinski definition) is 0. The highest BCUT2D eigenvalue weighted by molar-refractivity contribution is 5.88. The third-order valence-corrected chi connectivity index (χ3v) is 4.34. The van der Waals surface area contributed by atoms with Crippen molar-refractivity contribution in [2.45, 2.75) is 12.8 Å². The van der Waals surface area contributed by atoms with Crippen LogP contribution in [0.25, 0.3) is 22.6 Å². The molecular formula is C16H15FN6O2. The Hall–Kier alpha value is -3.10. The number of aryl methyl sites for hydroxylation is 1. The SMILES string of the molecule is Cn1c(=O)n(C(=O)N2CCCC2)c2cnc(-c3ccnc(F)c3)nc21. The minimum Gasteiger partial charge on any atom is -0.324 e. The Bertz CT molecular complexity index is 1030. The fourth-order valence-electron chi connectivity index (χ4n) is 3.03. The van der Waals surface area contributed by atoms with E-state index in [1.807, 2.05) is 0 Å². The predicted molar refractivity (Wildman–Crippen MR) is 87.6 cm³/mol. The van der Waals surface area contributed by atoms with Crippen LogP contribution < -0.4 is 5.69 Å². The number of carbonyl (C=O) groups is 1. The second-order valence-electron chi connectivity index (χ2n) is 5.92. The van der Waals surface area contributed by atoms with Crippen molar-refractivity contribution in [1.29, 1.82) is 0 Å². The smallest absolute Gasteiger partial charge is 0.324 e. The average Bonchev–Trinajstić information content (AvgIpc) is 3.23. The van der Waals surface area contributed by atoms with Gasteiger partial charge in [0.25, 0.3) is 0 Å². The second-order valence-corrected chi connectivity index (χ2v) is 5.92. The van der Waals surface area contributed by atoms with Crippen molar-refractivity contribution in [2.75, 3.05) is 13.1 Å². The molecule has 128 valence electrons. The van der Waals surface area contributed by atoms with Crippen LogP contribution in [0.4, 0.5) is 9.18 Å². The van der Waals surface area contributed by atoms with Gasteiger partial charge in [0.2, 0.25) is 5.95 Å². The van der Waals surface area contributed by atoms with Crippen LogP contribution in [-0.4, -0.2) is 48.1 Å². The number of aromatic nitrogens is 5. The van der Waals surface area contributed by atoms with E-state index in [0.717, 1.165) is 17.4 Å². The Morgan fingerprint density at radius 3 is 2.72 bits per heavy atom. The van der Waals surface area contributed by atoms with Crippen molar-refractivity contribution >= 4 is 17.2 Å². The van der Waals surface area contributed by atoms with Gasteiger partial charge in [-0.05, 0) is 18.9 Å². The number of likely N-dealkylation sites (tertiary alicyclic amines) is 1. The van der Waals surface area contributed by atoms with Gasteiger partial charge in [-0.2, -0.15) is 4.39 Å². The Kier molecular flexibility index (Phi) is 3.56. The summed E-state index contributed by atoms with van der Waals surface area (Å²) < 4.78 is 15.7. The molecule has 1 aliphatic heterocycles. The molecule has 0 bridgehead atoms. The van der Waals surface area contributed by atoms with E-state index in [4.69, 9.17) is 0 Å². The highest BCUT2D eigenvalue weighted by Gasteiger charge is 2.25. The number of pyridine rings is 1. The molecule has 1 saturated heterocycles. The Labute approximate surface area is 141 Å². The van der Waals surface area contributed by atoms with Crippen molar-refractivity contribution in [3.05, 3.63) is 41.0 Å². The maximum absolute atomic E-state index is 13.3. The van der Waals surface area contributed by atoms with Crippen molar-refractivity contribution in [3.63, 3.8) is 0 Å². The highest BCUT2D eigenvalue weighted by Crippen LogP contribution is 2.19. The molecule has 0 unspecified atom stereocenters. The molecular weight excluding hydrogens is 327 g/mol. The van der Waals surface area contributed by atoms with Gasteiger partial charge in [0.15, 0.2) is 11.5 Å². The lowest BCUT2D eigenvalue weighted by molar-refractivity contribution is 0.210. The van der Waals surface area contributed by atoms with Crippen LogP contribution >= 0.6 is 0 Å². The molecule has 1 aliphatic rings. The first-order valence-electron chi connectivity index (χ1n) is 7.92. The van der Waals surface area contributed by atoms with E-state index >= 15 is 0 Å². The Morgan fingerprint density at radius 1 is 1.24 bits per heavy atom. The summed E-state index contributed by atoms with van der Waals surface area (Å²) in [6.07, 6.45) is 4.60. The first-order valence-corrected chi connectivity index (χ1v) is 7.92. The van der Waals surface area contributed by atoms with Crippen LogP contribution in [0.15, 0.2) is 29.3 Å². The number of halogens is 1. The lowest BCUT2D eigenvalue weighted by Gasteiger charge is -2.14. The number of carbonyl (C=O) groups excluding carboxylic acids is 1. The van der Waals surface area contributed by atoms with Crippen LogP contribution in [0.5, 0.6) is 0 Å². The molecule has 0 spiro atoms. The Morgan fingerprint density at radius 2 is 2.00 bits per heavy atom. The number of fused-ring (bicyclic) bond motifs is 1. The van der Waals surface area contributed by atoms with Crippen LogP contribution in [0.3, 0.4) is 0 Å². The summed E-state index contributed by atoms with van der Waals surface area (Å²) in [4.78, 5) is 38.9. The van der Waals surface area contributed by atoms with E-state index in [9.17, 15) is 14.0 Å².